The number of aryl methyl sites for hydroxylation is 2. The van der Waals surface area contributed by atoms with E-state index in [0.29, 0.717) is 91.9 Å². The van der Waals surface area contributed by atoms with E-state index in [0.717, 1.165) is 69.9 Å². The number of nitrogens with one attached hydrogen (secondary N) is 3. The molecule has 0 aromatic carbocycles. The van der Waals surface area contributed by atoms with Crippen molar-refractivity contribution in [2.24, 2.45) is 0 Å². The molecule has 6 fully saturated rings. The van der Waals surface area contributed by atoms with Crippen LogP contribution in [0.3, 0.4) is 0 Å². The van der Waals surface area contributed by atoms with Crippen molar-refractivity contribution in [2.75, 3.05) is 72.5 Å². The third-order valence-corrected chi connectivity index (χ3v) is 19.2. The average molecular weight is 1110 g/mol. The first-order valence-electron chi connectivity index (χ1n) is 27.3. The number of carbonyl (C=O) groups excluding carboxylic acids is 1. The van der Waals surface area contributed by atoms with Gasteiger partial charge in [0.1, 0.15) is 29.4 Å². The Labute approximate surface area is 452 Å². The third kappa shape index (κ3) is 13.5. The number of aromatic amines is 1. The number of ether oxygens (including phenoxy) is 5. The second kappa shape index (κ2) is 23.5. The molecule has 2 unspecified atom stereocenters. The summed E-state index contributed by atoms with van der Waals surface area (Å²) in [5.41, 5.74) is 0.901. The van der Waals surface area contributed by atoms with Gasteiger partial charge in [0.2, 0.25) is 43.7 Å². The number of fused-ring (bicyclic) bond motifs is 4. The van der Waals surface area contributed by atoms with E-state index in [1.54, 1.807) is 68.4 Å². The number of aromatic nitrogens is 8. The third-order valence-electron chi connectivity index (χ3n) is 15.3. The Morgan fingerprint density at radius 1 is 0.675 bits per heavy atom. The Morgan fingerprint density at radius 3 is 1.52 bits per heavy atom. The summed E-state index contributed by atoms with van der Waals surface area (Å²) in [7, 11) is -2.55. The van der Waals surface area contributed by atoms with E-state index < -0.39 is 31.7 Å². The highest BCUT2D eigenvalue weighted by Gasteiger charge is 2.47. The van der Waals surface area contributed by atoms with Crippen LogP contribution in [0.5, 0.6) is 11.8 Å². The van der Waals surface area contributed by atoms with E-state index in [1.165, 1.54) is 4.68 Å². The molecule has 3 N–H and O–H groups in total. The molecule has 424 valence electrons. The van der Waals surface area contributed by atoms with Crippen molar-refractivity contribution in [3.8, 4) is 11.8 Å². The maximum atomic E-state index is 12.9. The molecule has 6 aliphatic rings. The van der Waals surface area contributed by atoms with Gasteiger partial charge in [0.15, 0.2) is 11.6 Å². The maximum absolute atomic E-state index is 12.9. The number of nitrogens with zero attached hydrogens (tertiary/aromatic N) is 11. The van der Waals surface area contributed by atoms with Crippen molar-refractivity contribution < 1.29 is 45.3 Å². The molecule has 77 heavy (non-hydrogen) atoms. The summed E-state index contributed by atoms with van der Waals surface area (Å²) in [5.74, 6) is 4.30. The lowest BCUT2D eigenvalue weighted by Gasteiger charge is -2.49. The predicted molar refractivity (Wildman–Crippen MR) is 291 cm³/mol. The maximum Gasteiger partial charge on any atom is 0.435 e. The number of H-pyrrole nitrogens is 1. The average Bonchev–Trinajstić information content (AvgIpc) is 4.25. The van der Waals surface area contributed by atoms with Gasteiger partial charge in [-0.2, -0.15) is 38.3 Å². The van der Waals surface area contributed by atoms with E-state index >= 15 is 0 Å². The van der Waals surface area contributed by atoms with Crippen LogP contribution < -0.4 is 29.9 Å². The van der Waals surface area contributed by atoms with E-state index in [-0.39, 0.29) is 60.0 Å². The molecule has 0 radical (unpaired) electrons. The van der Waals surface area contributed by atoms with Crippen LogP contribution in [0.4, 0.5) is 40.0 Å². The van der Waals surface area contributed by atoms with Crippen molar-refractivity contribution in [2.45, 2.75) is 180 Å². The molecule has 8 atom stereocenters. The first-order valence-corrected chi connectivity index (χ1v) is 30.5. The van der Waals surface area contributed by atoms with Crippen molar-refractivity contribution in [1.82, 2.24) is 48.5 Å². The molecule has 24 nitrogen and oxygen atoms in total. The Balaban J connectivity index is 0.000000191. The van der Waals surface area contributed by atoms with Gasteiger partial charge < -0.3 is 44.1 Å². The summed E-state index contributed by atoms with van der Waals surface area (Å²) in [5, 5.41) is 18.0. The molecule has 4 aromatic rings. The smallest absolute Gasteiger partial charge is 0.435 e. The molecule has 6 saturated heterocycles. The number of piperidine rings is 4. The lowest BCUT2D eigenvalue weighted by Crippen LogP contribution is -2.58. The van der Waals surface area contributed by atoms with Gasteiger partial charge in [0, 0.05) is 98.8 Å². The Hall–Kier alpha value is -5.41. The highest BCUT2D eigenvalue weighted by molar-refractivity contribution is 7.89. The molecule has 0 saturated carbocycles. The molecule has 10 rings (SSSR count). The number of sulfonamides is 2. The Kier molecular flexibility index (Phi) is 17.2. The van der Waals surface area contributed by atoms with E-state index in [4.69, 9.17) is 43.6 Å². The van der Waals surface area contributed by atoms with Crippen molar-refractivity contribution in [1.29, 1.82) is 0 Å². The van der Waals surface area contributed by atoms with Gasteiger partial charge in [-0.3, -0.25) is 5.10 Å². The molecule has 6 aliphatic heterocycles. The fourth-order valence-electron chi connectivity index (χ4n) is 11.5. The van der Waals surface area contributed by atoms with Crippen LogP contribution in [0.15, 0.2) is 24.3 Å². The first kappa shape index (κ1) is 56.3. The normalized spacial score (nSPS) is 25.8. The van der Waals surface area contributed by atoms with Crippen LogP contribution in [-0.2, 0) is 34.3 Å². The monoisotopic (exact) mass is 1110 g/mol. The quantitative estimate of drug-likeness (QED) is 0.109. The van der Waals surface area contributed by atoms with Gasteiger partial charge in [0.05, 0.1) is 37.9 Å². The molecule has 10 heterocycles. The van der Waals surface area contributed by atoms with E-state index in [9.17, 15) is 21.6 Å². The van der Waals surface area contributed by atoms with Crippen LogP contribution in [0.25, 0.3) is 0 Å². The second-order valence-corrected chi connectivity index (χ2v) is 26.5. The van der Waals surface area contributed by atoms with Gasteiger partial charge in [-0.1, -0.05) is 12.8 Å². The number of rotatable bonds is 16. The fraction of sp³-hybridized carbons (Fsp3) is 0.706. The van der Waals surface area contributed by atoms with Crippen LogP contribution in [0, 0.1) is 13.8 Å². The van der Waals surface area contributed by atoms with Crippen LogP contribution in [0.1, 0.15) is 123 Å². The van der Waals surface area contributed by atoms with Gasteiger partial charge >= 0.3 is 6.09 Å². The minimum atomic E-state index is -3.27. The lowest BCUT2D eigenvalue weighted by atomic mass is 9.83. The summed E-state index contributed by atoms with van der Waals surface area (Å²) in [4.78, 5) is 35.8. The highest BCUT2D eigenvalue weighted by atomic mass is 32.2. The largest absolute Gasteiger partial charge is 0.472 e. The number of anilines is 6. The number of hydrogen-bond acceptors (Lipinski definition) is 20. The zero-order valence-corrected chi connectivity index (χ0v) is 47.6. The SMILES string of the molecule is CCS(=O)(=O)N1[C@@H]2CCC[C@H]1CC(N(C)c1nc(Nc3cc(C)[nH]n3)cc(O[C@@H]3CCOC3)n1)C2.CCS(=O)(=O)N1[C@@H]2CCC[C@H]1CC(N(C)c1nc(Nc3cc(C)n(C(=O)OC(C)(C)C)n3)cc(O[C@@H]3CCOC3)n1)C2. The topological polar surface area (TPSA) is 267 Å². The zero-order valence-electron chi connectivity index (χ0n) is 46.0. The lowest BCUT2D eigenvalue weighted by molar-refractivity contribution is 0.0511. The summed E-state index contributed by atoms with van der Waals surface area (Å²) >= 11 is 0. The van der Waals surface area contributed by atoms with Gasteiger partial charge in [-0.05, 0) is 99.8 Å². The fourth-order valence-corrected chi connectivity index (χ4v) is 14.7. The van der Waals surface area contributed by atoms with Gasteiger partial charge in [-0.15, -0.1) is 5.10 Å². The minimum absolute atomic E-state index is 0.0256. The van der Waals surface area contributed by atoms with Crippen molar-refractivity contribution in [3.63, 3.8) is 0 Å². The predicted octanol–water partition coefficient (Wildman–Crippen LogP) is 6.44. The van der Waals surface area contributed by atoms with Gasteiger partial charge in [-0.25, -0.2) is 21.6 Å². The molecule has 4 bridgehead atoms. The summed E-state index contributed by atoms with van der Waals surface area (Å²) in [6, 6.07) is 7.35. The summed E-state index contributed by atoms with van der Waals surface area (Å²) in [6.45, 7) is 14.9. The summed E-state index contributed by atoms with van der Waals surface area (Å²) in [6.07, 6.45) is 9.45. The standard InChI is InChI=1S/C28H43N7O6S.C23H35N7O4S/c1-7-42(37,38)35-19-9-8-10-20(35)15-21(14-19)33(6)26-30-23(16-25(31-26)40-22-11-12-39-17-22)29-24-13-18(2)34(32-24)27(36)41-28(3,4)5;1-4-35(31,32)30-16-6-5-7-17(30)12-18(11-16)29(3)23-25-20(24-21-10-15(2)27-28-21)13-22(26-23)34-19-8-9-33-14-19/h13,16,19-22H,7-12,14-15,17H2,1-6H3,(H,29,30,31,32);10,13,16-19H,4-9,11-12,14H2,1-3H3,(H2,24,25,26,27,28)/t19-,20+,21?,22-;16-,17+,18?,19-/m11/s1. The molecule has 4 aromatic heterocycles. The van der Waals surface area contributed by atoms with Crippen molar-refractivity contribution >= 4 is 61.3 Å². The molecule has 0 spiro atoms. The Bertz CT molecular complexity index is 2880. The molecule has 26 heteroatoms. The summed E-state index contributed by atoms with van der Waals surface area (Å²) < 4.78 is 84.9. The minimum Gasteiger partial charge on any atom is -0.472 e. The molecule has 0 amide bonds. The number of hydrogen-bond donors (Lipinski definition) is 3. The zero-order chi connectivity index (χ0) is 54.8. The first-order chi connectivity index (χ1) is 36.6. The van der Waals surface area contributed by atoms with Crippen LogP contribution in [-0.4, -0.2) is 178 Å². The van der Waals surface area contributed by atoms with Gasteiger partial charge in [0.25, 0.3) is 0 Å². The Morgan fingerprint density at radius 2 is 1.13 bits per heavy atom. The molecule has 0 aliphatic carbocycles. The molecular formula is C51H78N14O10S2. The van der Waals surface area contributed by atoms with Crippen LogP contribution >= 0.6 is 0 Å². The number of carbonyl (C=O) groups is 1. The highest BCUT2D eigenvalue weighted by Crippen LogP contribution is 2.41. The molecular weight excluding hydrogens is 1030 g/mol. The van der Waals surface area contributed by atoms with E-state index in [1.807, 2.05) is 32.0 Å². The van der Waals surface area contributed by atoms with E-state index in [2.05, 4.69) is 30.8 Å². The second-order valence-electron chi connectivity index (χ2n) is 22.1. The van der Waals surface area contributed by atoms with Crippen LogP contribution in [0.2, 0.25) is 0 Å². The van der Waals surface area contributed by atoms with Crippen molar-refractivity contribution in [3.05, 3.63) is 35.7 Å².